The smallest absolute Gasteiger partial charge is 0.229 e. The number of allylic oxidation sites excluding steroid dienone is 3. The van der Waals surface area contributed by atoms with Crippen molar-refractivity contribution in [2.24, 2.45) is 5.73 Å². The summed E-state index contributed by atoms with van der Waals surface area (Å²) in [5.74, 6) is -1.76. The first-order valence-corrected chi connectivity index (χ1v) is 8.58. The van der Waals surface area contributed by atoms with Crippen LogP contribution in [0.5, 0.6) is 0 Å². The number of rotatable bonds is 1. The summed E-state index contributed by atoms with van der Waals surface area (Å²) in [6.45, 7) is 0. The number of hydrogen-bond acceptors (Lipinski definition) is 5. The van der Waals surface area contributed by atoms with E-state index in [0.29, 0.717) is 11.1 Å². The lowest BCUT2D eigenvalue weighted by Gasteiger charge is -2.31. The number of benzene rings is 2. The van der Waals surface area contributed by atoms with Crippen LogP contribution in [0, 0.1) is 11.3 Å². The Kier molecular flexibility index (Phi) is 3.74. The maximum Gasteiger partial charge on any atom is 0.229 e. The van der Waals surface area contributed by atoms with Gasteiger partial charge >= 0.3 is 0 Å². The average Bonchev–Trinajstić information content (AvgIpc) is 2.65. The van der Waals surface area contributed by atoms with Gasteiger partial charge in [-0.2, -0.15) is 5.26 Å². The number of ketones is 2. The van der Waals surface area contributed by atoms with E-state index >= 15 is 0 Å². The highest BCUT2D eigenvalue weighted by Crippen LogP contribution is 2.44. The third-order valence-corrected chi connectivity index (χ3v) is 4.96. The van der Waals surface area contributed by atoms with Gasteiger partial charge in [0, 0.05) is 15.6 Å². The summed E-state index contributed by atoms with van der Waals surface area (Å²) in [4.78, 5) is 26.0. The van der Waals surface area contributed by atoms with E-state index < -0.39 is 11.7 Å². The summed E-state index contributed by atoms with van der Waals surface area (Å²) in [6.07, 6.45) is 0. The predicted octanol–water partition coefficient (Wildman–Crippen LogP) is 3.59. The number of carbonyl (C=O) groups is 2. The van der Waals surface area contributed by atoms with Crippen molar-refractivity contribution in [3.63, 3.8) is 0 Å². The van der Waals surface area contributed by atoms with Crippen LogP contribution in [0.4, 0.5) is 0 Å². The van der Waals surface area contributed by atoms with Crippen molar-refractivity contribution in [2.75, 3.05) is 0 Å². The van der Waals surface area contributed by atoms with Crippen molar-refractivity contribution >= 4 is 27.5 Å². The van der Waals surface area contributed by atoms with E-state index in [-0.39, 0.29) is 34.1 Å². The first-order chi connectivity index (χ1) is 12.5. The van der Waals surface area contributed by atoms with Crippen molar-refractivity contribution < 1.29 is 14.3 Å². The van der Waals surface area contributed by atoms with Crippen LogP contribution in [-0.4, -0.2) is 11.6 Å². The normalized spacial score (nSPS) is 18.8. The Morgan fingerprint density at radius 1 is 1.04 bits per heavy atom. The predicted molar refractivity (Wildman–Crippen MR) is 96.9 cm³/mol. The Bertz CT molecular complexity index is 1090. The van der Waals surface area contributed by atoms with E-state index in [9.17, 15) is 14.9 Å². The largest absolute Gasteiger partial charge is 0.436 e. The molecule has 4 rings (SSSR count). The SMILES string of the molecule is N#CC1=C(N)OC2=C(C(=O)c3ccccc3C2=O)[C@H]1c1cccc(Br)c1. The molecule has 0 saturated heterocycles. The Morgan fingerprint density at radius 3 is 2.38 bits per heavy atom. The summed E-state index contributed by atoms with van der Waals surface area (Å²) >= 11 is 3.40. The van der Waals surface area contributed by atoms with Gasteiger partial charge in [0.15, 0.2) is 11.5 Å². The number of carbonyl (C=O) groups excluding carboxylic acids is 2. The van der Waals surface area contributed by atoms with E-state index in [1.807, 2.05) is 12.1 Å². The first kappa shape index (κ1) is 16.3. The fraction of sp³-hybridized carbons (Fsp3) is 0.0500. The number of nitrogens with zero attached hydrogens (tertiary/aromatic N) is 1. The molecule has 2 aliphatic rings. The minimum absolute atomic E-state index is 0.102. The van der Waals surface area contributed by atoms with Crippen LogP contribution < -0.4 is 5.73 Å². The minimum Gasteiger partial charge on any atom is -0.436 e. The van der Waals surface area contributed by atoms with Gasteiger partial charge in [0.05, 0.1) is 11.5 Å². The van der Waals surface area contributed by atoms with Gasteiger partial charge in [0.1, 0.15) is 11.6 Å². The second-order valence-corrected chi connectivity index (χ2v) is 6.84. The molecule has 0 radical (unpaired) electrons. The molecule has 0 fully saturated rings. The zero-order valence-corrected chi connectivity index (χ0v) is 14.9. The van der Waals surface area contributed by atoms with E-state index in [2.05, 4.69) is 15.9 Å². The number of hydrogen-bond donors (Lipinski definition) is 1. The number of fused-ring (bicyclic) bond motifs is 1. The molecular formula is C20H11BrN2O3. The van der Waals surface area contributed by atoms with Crippen LogP contribution >= 0.6 is 15.9 Å². The second-order valence-electron chi connectivity index (χ2n) is 5.93. The maximum absolute atomic E-state index is 13.2. The molecule has 0 spiro atoms. The number of nitrogens with two attached hydrogens (primary N) is 1. The Labute approximate surface area is 157 Å². The van der Waals surface area contributed by atoms with Crippen molar-refractivity contribution in [2.45, 2.75) is 5.92 Å². The van der Waals surface area contributed by atoms with Gasteiger partial charge in [-0.25, -0.2) is 0 Å². The Hall–Kier alpha value is -3.17. The van der Waals surface area contributed by atoms with Crippen molar-refractivity contribution in [1.29, 1.82) is 5.26 Å². The van der Waals surface area contributed by atoms with Crippen molar-refractivity contribution in [1.82, 2.24) is 0 Å². The summed E-state index contributed by atoms with van der Waals surface area (Å²) in [7, 11) is 0. The monoisotopic (exact) mass is 406 g/mol. The van der Waals surface area contributed by atoms with Gasteiger partial charge in [0.25, 0.3) is 0 Å². The molecule has 0 bridgehead atoms. The summed E-state index contributed by atoms with van der Waals surface area (Å²) in [5.41, 5.74) is 7.43. The maximum atomic E-state index is 13.2. The van der Waals surface area contributed by atoms with Crippen LogP contribution in [0.15, 0.2) is 75.8 Å². The lowest BCUT2D eigenvalue weighted by molar-refractivity contribution is 0.0897. The standard InChI is InChI=1S/C20H11BrN2O3/c21-11-5-3-4-10(8-11)15-14(9-22)20(23)26-19-16(15)17(24)12-6-1-2-7-13(12)18(19)25/h1-8,15H,23H2/t15-/m0/s1. The van der Waals surface area contributed by atoms with E-state index in [0.717, 1.165) is 4.47 Å². The van der Waals surface area contributed by atoms with Crippen LogP contribution in [0.3, 0.4) is 0 Å². The minimum atomic E-state index is -0.758. The summed E-state index contributed by atoms with van der Waals surface area (Å²) in [6, 6.07) is 15.8. The first-order valence-electron chi connectivity index (χ1n) is 7.78. The molecule has 6 heteroatoms. The zero-order valence-electron chi connectivity index (χ0n) is 13.3. The fourth-order valence-electron chi connectivity index (χ4n) is 3.33. The molecule has 26 heavy (non-hydrogen) atoms. The molecule has 126 valence electrons. The highest BCUT2D eigenvalue weighted by atomic mass is 79.9. The summed E-state index contributed by atoms with van der Waals surface area (Å²) in [5, 5.41) is 9.60. The third-order valence-electron chi connectivity index (χ3n) is 4.47. The Morgan fingerprint density at radius 2 is 1.73 bits per heavy atom. The van der Waals surface area contributed by atoms with Gasteiger partial charge < -0.3 is 10.5 Å². The molecule has 0 amide bonds. The van der Waals surface area contributed by atoms with Crippen LogP contribution in [-0.2, 0) is 4.74 Å². The number of Topliss-reactive ketones (excluding diaryl/α,β-unsaturated/α-hetero) is 2. The molecule has 1 aliphatic carbocycles. The zero-order chi connectivity index (χ0) is 18.4. The van der Waals surface area contributed by atoms with Crippen molar-refractivity contribution in [3.8, 4) is 6.07 Å². The Balaban J connectivity index is 1.99. The number of ether oxygens (including phenoxy) is 1. The van der Waals surface area contributed by atoms with Crippen LogP contribution in [0.1, 0.15) is 32.2 Å². The molecule has 2 aromatic carbocycles. The topological polar surface area (TPSA) is 93.2 Å². The molecule has 0 unspecified atom stereocenters. The molecule has 2 N–H and O–H groups in total. The number of nitriles is 1. The molecule has 1 aliphatic heterocycles. The van der Waals surface area contributed by atoms with Gasteiger partial charge in [-0.15, -0.1) is 0 Å². The van der Waals surface area contributed by atoms with E-state index in [1.54, 1.807) is 42.5 Å². The molecular weight excluding hydrogens is 396 g/mol. The van der Waals surface area contributed by atoms with E-state index in [1.165, 1.54) is 0 Å². The molecule has 0 aromatic heterocycles. The van der Waals surface area contributed by atoms with Gasteiger partial charge in [0.2, 0.25) is 11.7 Å². The molecule has 1 atom stereocenters. The third kappa shape index (κ3) is 2.29. The van der Waals surface area contributed by atoms with Gasteiger partial charge in [-0.05, 0) is 17.7 Å². The highest BCUT2D eigenvalue weighted by molar-refractivity contribution is 9.10. The highest BCUT2D eigenvalue weighted by Gasteiger charge is 2.43. The lowest BCUT2D eigenvalue weighted by atomic mass is 9.75. The van der Waals surface area contributed by atoms with Gasteiger partial charge in [-0.3, -0.25) is 9.59 Å². The molecule has 1 heterocycles. The summed E-state index contributed by atoms with van der Waals surface area (Å²) < 4.78 is 6.23. The van der Waals surface area contributed by atoms with Gasteiger partial charge in [-0.1, -0.05) is 52.3 Å². The second kappa shape index (κ2) is 5.97. The van der Waals surface area contributed by atoms with Crippen LogP contribution in [0.2, 0.25) is 0 Å². The quantitative estimate of drug-likeness (QED) is 0.780. The number of halogens is 1. The van der Waals surface area contributed by atoms with E-state index in [4.69, 9.17) is 10.5 Å². The molecule has 5 nitrogen and oxygen atoms in total. The fourth-order valence-corrected chi connectivity index (χ4v) is 3.74. The molecule has 0 saturated carbocycles. The lowest BCUT2D eigenvalue weighted by Crippen LogP contribution is -2.32. The van der Waals surface area contributed by atoms with Crippen LogP contribution in [0.25, 0.3) is 0 Å². The molecule has 2 aromatic rings. The van der Waals surface area contributed by atoms with Crippen molar-refractivity contribution in [3.05, 3.63) is 92.5 Å². The average molecular weight is 407 g/mol.